The van der Waals surface area contributed by atoms with Gasteiger partial charge in [0, 0.05) is 45.3 Å². The van der Waals surface area contributed by atoms with Crippen molar-refractivity contribution in [3.8, 4) is 0 Å². The van der Waals surface area contributed by atoms with Crippen LogP contribution in [-0.4, -0.2) is 88.1 Å². The quantitative estimate of drug-likeness (QED) is 0.651. The Morgan fingerprint density at radius 2 is 2.13 bits per heavy atom. The summed E-state index contributed by atoms with van der Waals surface area (Å²) in [6.07, 6.45) is 1.66. The zero-order valence-electron chi connectivity index (χ0n) is 17.3. The molecule has 0 aromatic carbocycles. The fourth-order valence-corrected chi connectivity index (χ4v) is 4.72. The molecule has 0 aliphatic carbocycles. The van der Waals surface area contributed by atoms with Gasteiger partial charge in [-0.1, -0.05) is 4.49 Å². The highest BCUT2D eigenvalue weighted by Crippen LogP contribution is 2.23. The van der Waals surface area contributed by atoms with Gasteiger partial charge in [0.1, 0.15) is 5.76 Å². The van der Waals surface area contributed by atoms with Crippen LogP contribution in [0.5, 0.6) is 0 Å². The van der Waals surface area contributed by atoms with Crippen molar-refractivity contribution in [3.63, 3.8) is 0 Å². The molecule has 0 N–H and O–H groups in total. The number of amides is 1. The fourth-order valence-electron chi connectivity index (χ4n) is 4.26. The van der Waals surface area contributed by atoms with Gasteiger partial charge in [-0.15, -0.1) is 5.10 Å². The minimum absolute atomic E-state index is 0.0651. The van der Waals surface area contributed by atoms with Crippen molar-refractivity contribution in [2.75, 3.05) is 45.9 Å². The van der Waals surface area contributed by atoms with E-state index in [2.05, 4.69) is 19.4 Å². The lowest BCUT2D eigenvalue weighted by Gasteiger charge is -2.41. The van der Waals surface area contributed by atoms with Gasteiger partial charge in [-0.05, 0) is 37.5 Å². The summed E-state index contributed by atoms with van der Waals surface area (Å²) in [5.41, 5.74) is 0.443. The van der Waals surface area contributed by atoms with Crippen LogP contribution in [0.15, 0.2) is 22.8 Å². The Kier molecular flexibility index (Phi) is 6.45. The monoisotopic (exact) mass is 433 g/mol. The maximum absolute atomic E-state index is 12.9. The maximum atomic E-state index is 12.9. The van der Waals surface area contributed by atoms with E-state index in [-0.39, 0.29) is 23.8 Å². The first-order valence-corrected chi connectivity index (χ1v) is 11.1. The van der Waals surface area contributed by atoms with E-state index < -0.39 is 0 Å². The molecule has 162 valence electrons. The third kappa shape index (κ3) is 4.55. The molecule has 2 aromatic rings. The van der Waals surface area contributed by atoms with Crippen molar-refractivity contribution >= 4 is 23.4 Å². The SMILES string of the molecule is CCOC(=O)[C@@H]1CN(Cc2ccco2)C[C@@H]2CN(C(=O)c3nnsc3C)CCN2C1. The number of furan rings is 1. The molecule has 0 spiro atoms. The van der Waals surface area contributed by atoms with Crippen LogP contribution in [0.3, 0.4) is 0 Å². The Bertz CT molecular complexity index is 870. The van der Waals surface area contributed by atoms with E-state index in [0.29, 0.717) is 45.0 Å². The topological polar surface area (TPSA) is 92.0 Å². The Labute approximate surface area is 179 Å². The third-order valence-electron chi connectivity index (χ3n) is 5.73. The lowest BCUT2D eigenvalue weighted by Crippen LogP contribution is -2.57. The second-order valence-corrected chi connectivity index (χ2v) is 8.76. The first-order valence-electron chi connectivity index (χ1n) is 10.3. The molecule has 4 heterocycles. The third-order valence-corrected chi connectivity index (χ3v) is 6.36. The predicted molar refractivity (Wildman–Crippen MR) is 110 cm³/mol. The van der Waals surface area contributed by atoms with Crippen molar-refractivity contribution in [1.29, 1.82) is 0 Å². The molecule has 2 atom stereocenters. The van der Waals surface area contributed by atoms with Crippen LogP contribution in [0.4, 0.5) is 0 Å². The number of rotatable bonds is 5. The molecule has 2 aromatic heterocycles. The Morgan fingerprint density at radius 1 is 1.27 bits per heavy atom. The summed E-state index contributed by atoms with van der Waals surface area (Å²) in [5, 5.41) is 4.01. The summed E-state index contributed by atoms with van der Waals surface area (Å²) in [6.45, 7) is 8.61. The van der Waals surface area contributed by atoms with Gasteiger partial charge in [-0.3, -0.25) is 19.4 Å². The lowest BCUT2D eigenvalue weighted by molar-refractivity contribution is -0.149. The molecule has 2 saturated heterocycles. The molecule has 1 amide bonds. The standard InChI is InChI=1S/C20H27N5O4S/c1-3-28-20(27)15-9-23(13-17-5-4-8-29-17)11-16-12-25(7-6-24(16)10-15)19(26)18-14(2)30-22-21-18/h4-5,8,15-16H,3,6-7,9-13H2,1-2H3/t15-,16-/m1/s1. The van der Waals surface area contributed by atoms with E-state index in [0.717, 1.165) is 23.7 Å². The molecule has 9 nitrogen and oxygen atoms in total. The average molecular weight is 434 g/mol. The van der Waals surface area contributed by atoms with Crippen LogP contribution in [0.1, 0.15) is 28.0 Å². The highest BCUT2D eigenvalue weighted by Gasteiger charge is 2.38. The first-order chi connectivity index (χ1) is 14.5. The highest BCUT2D eigenvalue weighted by molar-refractivity contribution is 7.05. The smallest absolute Gasteiger partial charge is 0.311 e. The summed E-state index contributed by atoms with van der Waals surface area (Å²) in [7, 11) is 0. The Morgan fingerprint density at radius 3 is 2.83 bits per heavy atom. The summed E-state index contributed by atoms with van der Waals surface area (Å²) in [5.74, 6) is 0.408. The van der Waals surface area contributed by atoms with Crippen LogP contribution in [0, 0.1) is 12.8 Å². The minimum atomic E-state index is -0.225. The average Bonchev–Trinajstić information content (AvgIpc) is 3.35. The number of hydrogen-bond acceptors (Lipinski definition) is 9. The Hall–Kier alpha value is -2.30. The van der Waals surface area contributed by atoms with Gasteiger partial charge in [-0.25, -0.2) is 0 Å². The van der Waals surface area contributed by atoms with Crippen molar-refractivity contribution in [2.24, 2.45) is 5.92 Å². The zero-order chi connectivity index (χ0) is 21.1. The summed E-state index contributed by atoms with van der Waals surface area (Å²) >= 11 is 1.24. The Balaban J connectivity index is 1.50. The van der Waals surface area contributed by atoms with E-state index >= 15 is 0 Å². The van der Waals surface area contributed by atoms with Crippen molar-refractivity contribution < 1.29 is 18.7 Å². The van der Waals surface area contributed by atoms with Gasteiger partial charge >= 0.3 is 5.97 Å². The molecule has 2 aliphatic rings. The van der Waals surface area contributed by atoms with Gasteiger partial charge < -0.3 is 14.1 Å². The van der Waals surface area contributed by atoms with Crippen molar-refractivity contribution in [2.45, 2.75) is 26.4 Å². The van der Waals surface area contributed by atoms with Crippen LogP contribution in [0.2, 0.25) is 0 Å². The summed E-state index contributed by atoms with van der Waals surface area (Å²) < 4.78 is 14.8. The predicted octanol–water partition coefficient (Wildman–Crippen LogP) is 1.26. The molecule has 0 radical (unpaired) electrons. The molecule has 0 saturated carbocycles. The number of esters is 1. The molecule has 0 bridgehead atoms. The second-order valence-electron chi connectivity index (χ2n) is 7.80. The maximum Gasteiger partial charge on any atom is 0.311 e. The van der Waals surface area contributed by atoms with Gasteiger partial charge in [0.05, 0.1) is 30.2 Å². The lowest BCUT2D eigenvalue weighted by atomic mass is 10.1. The number of aryl methyl sites for hydroxylation is 1. The molecule has 10 heteroatoms. The molecular formula is C20H27N5O4S. The zero-order valence-corrected chi connectivity index (χ0v) is 18.1. The molecule has 4 rings (SSSR count). The van der Waals surface area contributed by atoms with Crippen LogP contribution < -0.4 is 0 Å². The molecule has 2 fully saturated rings. The van der Waals surface area contributed by atoms with Crippen LogP contribution in [-0.2, 0) is 16.1 Å². The van der Waals surface area contributed by atoms with Gasteiger partial charge in [0.2, 0.25) is 0 Å². The van der Waals surface area contributed by atoms with Crippen LogP contribution in [0.25, 0.3) is 0 Å². The van der Waals surface area contributed by atoms with Gasteiger partial charge in [0.25, 0.3) is 5.91 Å². The van der Waals surface area contributed by atoms with Crippen LogP contribution >= 0.6 is 11.5 Å². The second kappa shape index (κ2) is 9.23. The molecule has 2 aliphatic heterocycles. The van der Waals surface area contributed by atoms with Gasteiger partial charge in [-0.2, -0.15) is 0 Å². The molecular weight excluding hydrogens is 406 g/mol. The van der Waals surface area contributed by atoms with Crippen molar-refractivity contribution in [3.05, 3.63) is 34.7 Å². The number of aromatic nitrogens is 2. The molecule has 0 unspecified atom stereocenters. The number of nitrogens with zero attached hydrogens (tertiary/aromatic N) is 5. The summed E-state index contributed by atoms with van der Waals surface area (Å²) in [4.78, 5) is 32.8. The summed E-state index contributed by atoms with van der Waals surface area (Å²) in [6, 6.07) is 3.94. The number of hydrogen-bond donors (Lipinski definition) is 0. The number of fused-ring (bicyclic) bond motifs is 1. The number of carbonyl (C=O) groups excluding carboxylic acids is 2. The first kappa shape index (κ1) is 21.0. The van der Waals surface area contributed by atoms with Crippen molar-refractivity contribution in [1.82, 2.24) is 24.3 Å². The largest absolute Gasteiger partial charge is 0.468 e. The van der Waals surface area contributed by atoms with E-state index in [9.17, 15) is 9.59 Å². The van der Waals surface area contributed by atoms with E-state index in [1.54, 1.807) is 6.26 Å². The van der Waals surface area contributed by atoms with E-state index in [1.807, 2.05) is 30.9 Å². The number of carbonyl (C=O) groups is 2. The highest BCUT2D eigenvalue weighted by atomic mass is 32.1. The van der Waals surface area contributed by atoms with E-state index in [4.69, 9.17) is 9.15 Å². The minimum Gasteiger partial charge on any atom is -0.468 e. The number of ether oxygens (including phenoxy) is 1. The normalized spacial score (nSPS) is 23.1. The number of piperazine rings is 1. The fraction of sp³-hybridized carbons (Fsp3) is 0.600. The van der Waals surface area contributed by atoms with E-state index in [1.165, 1.54) is 11.5 Å². The van der Waals surface area contributed by atoms with Gasteiger partial charge in [0.15, 0.2) is 5.69 Å². The molecule has 30 heavy (non-hydrogen) atoms.